The predicted octanol–water partition coefficient (Wildman–Crippen LogP) is 6.76. The molecule has 0 unspecified atom stereocenters. The molecule has 43 heavy (non-hydrogen) atoms. The van der Waals surface area contributed by atoms with Gasteiger partial charge < -0.3 is 21.0 Å². The number of β-lactam (4-membered cyclic amide) rings is 1. The Hall–Kier alpha value is -4.56. The number of fused-ring (bicyclic) bond motifs is 1. The van der Waals surface area contributed by atoms with Crippen molar-refractivity contribution >= 4 is 62.8 Å². The molecule has 0 radical (unpaired) electrons. The Kier molecular flexibility index (Phi) is 7.71. The molecule has 1 atom stereocenters. The third kappa shape index (κ3) is 5.62. The van der Waals surface area contributed by atoms with E-state index in [2.05, 4.69) is 46.5 Å². The van der Waals surface area contributed by atoms with Crippen LogP contribution in [0.4, 0.5) is 27.1 Å². The van der Waals surface area contributed by atoms with Crippen molar-refractivity contribution in [3.05, 3.63) is 99.7 Å². The first-order valence-electron chi connectivity index (χ1n) is 13.6. The largest absolute Gasteiger partial charge is 0.373 e. The van der Waals surface area contributed by atoms with Crippen LogP contribution in [0.15, 0.2) is 72.7 Å². The molecule has 0 bridgehead atoms. The van der Waals surface area contributed by atoms with E-state index in [-0.39, 0.29) is 28.6 Å². The Morgan fingerprint density at radius 3 is 2.58 bits per heavy atom. The molecule has 1 aromatic heterocycles. The van der Waals surface area contributed by atoms with Crippen LogP contribution in [0.2, 0.25) is 10.0 Å². The van der Waals surface area contributed by atoms with Crippen LogP contribution in [-0.4, -0.2) is 28.5 Å². The molecule has 218 valence electrons. The SMILES string of the molecule is CC(C)N1C=C([C@@H](Nc2cc(Cl)c3ncc(C#N)c(Nc4ccc(F)c(Cl)c4)c3c2)c2cccc(N3CCC3=O)c2)NN1. The van der Waals surface area contributed by atoms with Crippen LogP contribution in [0.3, 0.4) is 0 Å². The average molecular weight is 618 g/mol. The molecule has 6 rings (SSSR count). The number of nitrogens with zero attached hydrogens (tertiary/aromatic N) is 4. The van der Waals surface area contributed by atoms with Gasteiger partial charge in [0.05, 0.1) is 38.6 Å². The normalized spacial score (nSPS) is 15.2. The average Bonchev–Trinajstić information content (AvgIpc) is 3.48. The summed E-state index contributed by atoms with van der Waals surface area (Å²) in [7, 11) is 0. The van der Waals surface area contributed by atoms with Gasteiger partial charge in [0, 0.05) is 53.9 Å². The number of hydrogen-bond acceptors (Lipinski definition) is 8. The molecule has 9 nitrogen and oxygen atoms in total. The zero-order valence-corrected chi connectivity index (χ0v) is 24.8. The summed E-state index contributed by atoms with van der Waals surface area (Å²) in [5.41, 5.74) is 11.4. The molecule has 4 N–H and O–H groups in total. The summed E-state index contributed by atoms with van der Waals surface area (Å²) >= 11 is 12.8. The third-order valence-electron chi connectivity index (χ3n) is 7.39. The number of aromatic nitrogens is 1. The summed E-state index contributed by atoms with van der Waals surface area (Å²) in [4.78, 5) is 18.4. The zero-order chi connectivity index (χ0) is 30.2. The van der Waals surface area contributed by atoms with E-state index < -0.39 is 5.82 Å². The lowest BCUT2D eigenvalue weighted by Crippen LogP contribution is -2.43. The molecular formula is C31H27Cl2FN8O. The van der Waals surface area contributed by atoms with E-state index in [1.165, 1.54) is 24.4 Å². The Balaban J connectivity index is 1.43. The van der Waals surface area contributed by atoms with Crippen molar-refractivity contribution in [2.75, 3.05) is 22.1 Å². The van der Waals surface area contributed by atoms with Crippen LogP contribution in [-0.2, 0) is 4.79 Å². The first-order chi connectivity index (χ1) is 20.7. The van der Waals surface area contributed by atoms with Gasteiger partial charge in [0.15, 0.2) is 0 Å². The van der Waals surface area contributed by atoms with Gasteiger partial charge in [-0.2, -0.15) is 5.26 Å². The molecule has 1 fully saturated rings. The van der Waals surface area contributed by atoms with E-state index >= 15 is 0 Å². The monoisotopic (exact) mass is 616 g/mol. The number of benzene rings is 3. The number of pyridine rings is 1. The minimum Gasteiger partial charge on any atom is -0.373 e. The minimum atomic E-state index is -0.546. The van der Waals surface area contributed by atoms with E-state index in [9.17, 15) is 14.4 Å². The molecule has 3 heterocycles. The fourth-order valence-corrected chi connectivity index (χ4v) is 5.47. The minimum absolute atomic E-state index is 0.0475. The summed E-state index contributed by atoms with van der Waals surface area (Å²) in [6.07, 6.45) is 3.98. The van der Waals surface area contributed by atoms with Gasteiger partial charge in [-0.25, -0.2) is 4.39 Å². The number of halogens is 3. The quantitative estimate of drug-likeness (QED) is 0.161. The topological polar surface area (TPSA) is 108 Å². The number of carbonyl (C=O) groups excluding carboxylic acids is 1. The van der Waals surface area contributed by atoms with E-state index in [4.69, 9.17) is 23.2 Å². The lowest BCUT2D eigenvalue weighted by atomic mass is 10.0. The molecular weight excluding hydrogens is 590 g/mol. The first-order valence-corrected chi connectivity index (χ1v) is 14.4. The maximum absolute atomic E-state index is 13.8. The molecule has 3 aromatic carbocycles. The van der Waals surface area contributed by atoms with Crippen LogP contribution in [0.25, 0.3) is 10.9 Å². The highest BCUT2D eigenvalue weighted by Gasteiger charge is 2.28. The molecule has 0 aliphatic carbocycles. The van der Waals surface area contributed by atoms with Crippen LogP contribution in [0, 0.1) is 17.1 Å². The first kappa shape index (κ1) is 28.6. The van der Waals surface area contributed by atoms with Gasteiger partial charge in [-0.3, -0.25) is 14.8 Å². The molecule has 0 spiro atoms. The smallest absolute Gasteiger partial charge is 0.228 e. The van der Waals surface area contributed by atoms with E-state index in [0.29, 0.717) is 46.0 Å². The number of hydrazine groups is 2. The van der Waals surface area contributed by atoms with Gasteiger partial charge in [0.1, 0.15) is 11.9 Å². The predicted molar refractivity (Wildman–Crippen MR) is 167 cm³/mol. The molecule has 0 saturated carbocycles. The summed E-state index contributed by atoms with van der Waals surface area (Å²) in [5, 5.41) is 19.6. The van der Waals surface area contributed by atoms with Gasteiger partial charge in [-0.1, -0.05) is 35.3 Å². The fraction of sp³-hybridized carbons (Fsp3) is 0.194. The van der Waals surface area contributed by atoms with Crippen molar-refractivity contribution in [3.63, 3.8) is 0 Å². The van der Waals surface area contributed by atoms with Crippen LogP contribution in [0.1, 0.15) is 37.4 Å². The number of nitrogens with one attached hydrogen (secondary N) is 4. The Labute approximate surface area is 257 Å². The zero-order valence-electron chi connectivity index (χ0n) is 23.3. The second-order valence-corrected chi connectivity index (χ2v) is 11.4. The summed E-state index contributed by atoms with van der Waals surface area (Å²) in [5.74, 6) is -0.451. The van der Waals surface area contributed by atoms with Gasteiger partial charge in [-0.15, -0.1) is 5.53 Å². The number of rotatable bonds is 8. The summed E-state index contributed by atoms with van der Waals surface area (Å²) in [6.45, 7) is 4.82. The molecule has 2 aliphatic rings. The molecule has 12 heteroatoms. The maximum atomic E-state index is 13.8. The Morgan fingerprint density at radius 1 is 1.09 bits per heavy atom. The highest BCUT2D eigenvalue weighted by molar-refractivity contribution is 6.36. The van der Waals surface area contributed by atoms with E-state index in [1.54, 1.807) is 11.0 Å². The molecule has 1 amide bonds. The molecule has 2 aliphatic heterocycles. The number of nitriles is 1. The Morgan fingerprint density at radius 2 is 1.91 bits per heavy atom. The maximum Gasteiger partial charge on any atom is 0.228 e. The van der Waals surface area contributed by atoms with E-state index in [1.807, 2.05) is 41.5 Å². The number of carbonyl (C=O) groups is 1. The van der Waals surface area contributed by atoms with Gasteiger partial charge in [0.25, 0.3) is 0 Å². The van der Waals surface area contributed by atoms with Crippen molar-refractivity contribution in [1.82, 2.24) is 21.0 Å². The lowest BCUT2D eigenvalue weighted by molar-refractivity contribution is -0.122. The lowest BCUT2D eigenvalue weighted by Gasteiger charge is -2.31. The number of anilines is 4. The van der Waals surface area contributed by atoms with Crippen molar-refractivity contribution in [2.24, 2.45) is 0 Å². The van der Waals surface area contributed by atoms with Gasteiger partial charge in [-0.05, 0) is 61.9 Å². The third-order valence-corrected chi connectivity index (χ3v) is 7.96. The standard InChI is InChI=1S/C31H27Cl2FN8O/c1-17(2)42-16-27(39-40-42)30(18-4-3-5-22(10-18)41-9-8-28(41)43)38-21-11-23-29(37-20-6-7-26(34)24(32)12-20)19(14-35)15-36-31(23)25(33)13-21/h3-7,10-13,15-17,30,38-40H,8-9H2,1-2H3,(H,36,37)/t30-/m0/s1. The van der Waals surface area contributed by atoms with Crippen molar-refractivity contribution in [1.29, 1.82) is 5.26 Å². The van der Waals surface area contributed by atoms with Crippen molar-refractivity contribution < 1.29 is 9.18 Å². The van der Waals surface area contributed by atoms with Crippen molar-refractivity contribution in [2.45, 2.75) is 32.4 Å². The fourth-order valence-electron chi connectivity index (χ4n) is 5.02. The van der Waals surface area contributed by atoms with E-state index in [0.717, 1.165) is 16.9 Å². The van der Waals surface area contributed by atoms with Crippen LogP contribution < -0.4 is 26.5 Å². The summed E-state index contributed by atoms with van der Waals surface area (Å²) < 4.78 is 13.8. The Bertz CT molecular complexity index is 1820. The van der Waals surface area contributed by atoms with Gasteiger partial charge >= 0.3 is 0 Å². The number of amides is 1. The second-order valence-electron chi connectivity index (χ2n) is 10.6. The van der Waals surface area contributed by atoms with Crippen LogP contribution >= 0.6 is 23.2 Å². The van der Waals surface area contributed by atoms with Crippen LogP contribution in [0.5, 0.6) is 0 Å². The molecule has 1 saturated heterocycles. The van der Waals surface area contributed by atoms with Gasteiger partial charge in [0.2, 0.25) is 5.91 Å². The second kappa shape index (κ2) is 11.6. The highest BCUT2D eigenvalue weighted by Crippen LogP contribution is 2.38. The number of hydrogen-bond donors (Lipinski definition) is 4. The van der Waals surface area contributed by atoms with Crippen molar-refractivity contribution in [3.8, 4) is 6.07 Å². The highest BCUT2D eigenvalue weighted by atomic mass is 35.5. The summed E-state index contributed by atoms with van der Waals surface area (Å²) in [6, 6.07) is 17.7. The molecule has 4 aromatic rings.